The molecule has 1 aromatic rings. The van der Waals surface area contributed by atoms with Crippen molar-refractivity contribution in [2.75, 3.05) is 18.7 Å². The van der Waals surface area contributed by atoms with Gasteiger partial charge in [0.2, 0.25) is 5.91 Å². The minimum atomic E-state index is -1.64. The third kappa shape index (κ3) is 3.79. The molecule has 1 aromatic carbocycles. The monoisotopic (exact) mass is 453 g/mol. The number of carboxylic acid groups (broad SMARTS) is 1. The van der Waals surface area contributed by atoms with Crippen LogP contribution in [0.2, 0.25) is 0 Å². The maximum absolute atomic E-state index is 12.7. The number of nitrogens with two attached hydrogens (primary N) is 2. The van der Waals surface area contributed by atoms with Gasteiger partial charge in [-0.25, -0.2) is 9.59 Å². The minimum absolute atomic E-state index is 0. The number of nitrogens with zero attached hydrogens (tertiary/aromatic N) is 2. The molecule has 1 unspecified atom stereocenters. The van der Waals surface area contributed by atoms with Crippen LogP contribution in [-0.4, -0.2) is 71.2 Å². The number of carbonyl (C=O) groups is 5. The minimum Gasteiger partial charge on any atom is -0.543 e. The Morgan fingerprint density at radius 1 is 1.19 bits per heavy atom. The van der Waals surface area contributed by atoms with Crippen molar-refractivity contribution in [2.45, 2.75) is 18.2 Å². The van der Waals surface area contributed by atoms with Gasteiger partial charge in [0.15, 0.2) is 0 Å². The van der Waals surface area contributed by atoms with E-state index in [1.54, 1.807) is 0 Å². The SMILES string of the molecule is NC(=O)OCC1=C(C(=O)[O-])N2C(=O)[C@@H]3[C@H]2C1OCN3C(=O)Nc1ccc(C(N)=O)cc1.[Na+]. The summed E-state index contributed by atoms with van der Waals surface area (Å²) in [5.74, 6) is -2.90. The van der Waals surface area contributed by atoms with Crippen molar-refractivity contribution < 1.29 is 68.1 Å². The number of anilines is 1. The molecule has 5 N–H and O–H groups in total. The summed E-state index contributed by atoms with van der Waals surface area (Å²) in [5, 5.41) is 14.2. The molecule has 5 amide bonds. The first-order valence-electron chi connectivity index (χ1n) is 8.99. The third-order valence-electron chi connectivity index (χ3n) is 5.28. The van der Waals surface area contributed by atoms with Gasteiger partial charge in [-0.3, -0.25) is 19.4 Å². The predicted molar refractivity (Wildman–Crippen MR) is 97.5 cm³/mol. The number of β-lactam (4-membered cyclic amide) rings is 1. The van der Waals surface area contributed by atoms with Crippen LogP contribution in [0.15, 0.2) is 35.5 Å². The van der Waals surface area contributed by atoms with Crippen LogP contribution in [0.4, 0.5) is 15.3 Å². The van der Waals surface area contributed by atoms with E-state index in [-0.39, 0.29) is 47.4 Å². The molecule has 3 aliphatic heterocycles. The van der Waals surface area contributed by atoms with E-state index in [0.29, 0.717) is 5.69 Å². The van der Waals surface area contributed by atoms with Crippen molar-refractivity contribution in [3.63, 3.8) is 0 Å². The third-order valence-corrected chi connectivity index (χ3v) is 5.28. The fourth-order valence-corrected chi connectivity index (χ4v) is 3.94. The van der Waals surface area contributed by atoms with Gasteiger partial charge in [0.05, 0.1) is 17.7 Å². The van der Waals surface area contributed by atoms with Crippen LogP contribution < -0.4 is 51.4 Å². The number of hydrogen-bond donors (Lipinski definition) is 3. The first-order valence-corrected chi connectivity index (χ1v) is 8.99. The van der Waals surface area contributed by atoms with E-state index >= 15 is 0 Å². The van der Waals surface area contributed by atoms with E-state index in [2.05, 4.69) is 10.1 Å². The number of aliphatic carboxylic acids is 1. The summed E-state index contributed by atoms with van der Waals surface area (Å²) in [4.78, 5) is 61.1. The van der Waals surface area contributed by atoms with Gasteiger partial charge < -0.3 is 36.2 Å². The second kappa shape index (κ2) is 8.78. The van der Waals surface area contributed by atoms with Gasteiger partial charge in [0, 0.05) is 16.8 Å². The zero-order chi connectivity index (χ0) is 22.4. The van der Waals surface area contributed by atoms with Crippen LogP contribution in [-0.2, 0) is 19.1 Å². The Bertz CT molecular complexity index is 1040. The van der Waals surface area contributed by atoms with Crippen LogP contribution in [0, 0.1) is 0 Å². The molecule has 4 rings (SSSR count). The number of rotatable bonds is 5. The molecule has 14 heteroatoms. The van der Waals surface area contributed by atoms with Gasteiger partial charge in [-0.15, -0.1) is 0 Å². The number of ether oxygens (including phenoxy) is 2. The molecule has 0 aromatic heterocycles. The standard InChI is InChI=1S/C18H17N5O8.Na/c19-14(24)7-1-3-8(4-2-7)21-18(29)22-6-31-13-9(5-30-17(20)28)10(16(26)27)23-11(13)12(22)15(23)25;/h1-4,11-13H,5-6H2,(H2,19,24)(H2,20,28)(H,21,29)(H,26,27);/q;+1/p-1/t11-,12-,13?;/m0./s1. The van der Waals surface area contributed by atoms with Crippen LogP contribution in [0.3, 0.4) is 0 Å². The molecule has 162 valence electrons. The molecular weight excluding hydrogens is 437 g/mol. The summed E-state index contributed by atoms with van der Waals surface area (Å²) < 4.78 is 10.3. The van der Waals surface area contributed by atoms with Crippen LogP contribution in [0.1, 0.15) is 10.4 Å². The Hall–Kier alpha value is -3.13. The Kier molecular flexibility index (Phi) is 6.46. The second-order valence-electron chi connectivity index (χ2n) is 6.97. The zero-order valence-corrected chi connectivity index (χ0v) is 18.8. The molecule has 13 nitrogen and oxygen atoms in total. The van der Waals surface area contributed by atoms with E-state index < -0.39 is 60.4 Å². The quantitative estimate of drug-likeness (QED) is 0.290. The molecule has 0 saturated carbocycles. The summed E-state index contributed by atoms with van der Waals surface area (Å²) >= 11 is 0. The number of primary amides is 2. The normalized spacial score (nSPS) is 23.0. The molecule has 0 radical (unpaired) electrons. The second-order valence-corrected chi connectivity index (χ2v) is 6.97. The number of nitrogens with one attached hydrogen (secondary N) is 1. The maximum atomic E-state index is 12.7. The number of carboxylic acids is 1. The average Bonchev–Trinajstić information content (AvgIpc) is 3.04. The van der Waals surface area contributed by atoms with Crippen LogP contribution in [0.25, 0.3) is 0 Å². The van der Waals surface area contributed by atoms with Gasteiger partial charge in [-0.05, 0) is 24.3 Å². The van der Waals surface area contributed by atoms with E-state index in [1.165, 1.54) is 24.3 Å². The van der Waals surface area contributed by atoms with Crippen molar-refractivity contribution in [2.24, 2.45) is 11.5 Å². The summed E-state index contributed by atoms with van der Waals surface area (Å²) in [7, 11) is 0. The molecule has 0 spiro atoms. The molecule has 32 heavy (non-hydrogen) atoms. The van der Waals surface area contributed by atoms with E-state index in [9.17, 15) is 29.1 Å². The number of carbonyl (C=O) groups excluding carboxylic acids is 5. The molecule has 3 atom stereocenters. The molecule has 0 bridgehead atoms. The number of hydrogen-bond acceptors (Lipinski definition) is 8. The van der Waals surface area contributed by atoms with Crippen molar-refractivity contribution in [1.82, 2.24) is 9.80 Å². The number of urea groups is 1. The fraction of sp³-hybridized carbons (Fsp3) is 0.278. The molecular formula is C18H16N5NaO8. The van der Waals surface area contributed by atoms with Crippen molar-refractivity contribution in [1.29, 1.82) is 0 Å². The molecule has 2 fully saturated rings. The summed E-state index contributed by atoms with van der Waals surface area (Å²) in [6, 6.07) is 3.33. The molecule has 0 aliphatic carbocycles. The maximum Gasteiger partial charge on any atom is 1.00 e. The zero-order valence-electron chi connectivity index (χ0n) is 16.8. The first kappa shape index (κ1) is 23.5. The van der Waals surface area contributed by atoms with Gasteiger partial charge in [0.1, 0.15) is 25.5 Å². The van der Waals surface area contributed by atoms with Crippen LogP contribution >= 0.6 is 0 Å². The Morgan fingerprint density at radius 3 is 2.41 bits per heavy atom. The Morgan fingerprint density at radius 2 is 1.84 bits per heavy atom. The van der Waals surface area contributed by atoms with Crippen molar-refractivity contribution in [3.05, 3.63) is 41.1 Å². The molecule has 3 heterocycles. The smallest absolute Gasteiger partial charge is 0.543 e. The summed E-state index contributed by atoms with van der Waals surface area (Å²) in [6.07, 6.45) is -2.02. The topological polar surface area (TPSA) is 197 Å². The van der Waals surface area contributed by atoms with E-state index in [4.69, 9.17) is 16.2 Å². The predicted octanol–water partition coefficient (Wildman–Crippen LogP) is -5.33. The van der Waals surface area contributed by atoms with Crippen molar-refractivity contribution >= 4 is 35.6 Å². The van der Waals surface area contributed by atoms with E-state index in [0.717, 1.165) is 9.80 Å². The average molecular weight is 453 g/mol. The largest absolute Gasteiger partial charge is 1.00 e. The van der Waals surface area contributed by atoms with E-state index in [1.807, 2.05) is 0 Å². The summed E-state index contributed by atoms with van der Waals surface area (Å²) in [6.45, 7) is -0.814. The Balaban J connectivity index is 0.00000289. The van der Waals surface area contributed by atoms with Gasteiger partial charge in [-0.2, -0.15) is 0 Å². The number of amides is 5. The van der Waals surface area contributed by atoms with Gasteiger partial charge >= 0.3 is 41.7 Å². The summed E-state index contributed by atoms with van der Waals surface area (Å²) in [5.41, 5.74) is 10.3. The Labute approximate surface area is 202 Å². The van der Waals surface area contributed by atoms with Crippen LogP contribution in [0.5, 0.6) is 0 Å². The van der Waals surface area contributed by atoms with Gasteiger partial charge in [0.25, 0.3) is 5.91 Å². The number of benzene rings is 1. The van der Waals surface area contributed by atoms with Crippen molar-refractivity contribution in [3.8, 4) is 0 Å². The first-order chi connectivity index (χ1) is 14.7. The fourth-order valence-electron chi connectivity index (χ4n) is 3.94. The van der Waals surface area contributed by atoms with Gasteiger partial charge in [-0.1, -0.05) is 0 Å². The molecule has 3 aliphatic rings. The molecule has 2 saturated heterocycles.